The average Bonchev–Trinajstić information content (AvgIpc) is 2.73. The van der Waals surface area contributed by atoms with E-state index in [4.69, 9.17) is 21.3 Å². The Balaban J connectivity index is 0.000000321. The smallest absolute Gasteiger partial charge is 0.336 e. The van der Waals surface area contributed by atoms with Crippen LogP contribution in [-0.4, -0.2) is 17.0 Å². The van der Waals surface area contributed by atoms with Crippen molar-refractivity contribution in [1.29, 1.82) is 0 Å². The van der Waals surface area contributed by atoms with Gasteiger partial charge in [0.15, 0.2) is 0 Å². The van der Waals surface area contributed by atoms with Gasteiger partial charge in [0.05, 0.1) is 11.1 Å². The van der Waals surface area contributed by atoms with Gasteiger partial charge in [-0.05, 0) is 64.9 Å². The summed E-state index contributed by atoms with van der Waals surface area (Å²) in [5.41, 5.74) is 13.9. The van der Waals surface area contributed by atoms with Gasteiger partial charge in [0.25, 0.3) is 0 Å². The summed E-state index contributed by atoms with van der Waals surface area (Å²) in [6.45, 7) is 10.7. The number of rotatable bonds is 5. The molecule has 0 spiro atoms. The second-order valence-electron chi connectivity index (χ2n) is 9.08. The third kappa shape index (κ3) is 7.38. The molecule has 174 valence electrons. The van der Waals surface area contributed by atoms with Gasteiger partial charge in [-0.25, -0.2) is 4.79 Å². The monoisotopic (exact) mass is 448 g/mol. The van der Waals surface area contributed by atoms with E-state index in [1.54, 1.807) is 0 Å². The number of hydrogen-bond donors (Lipinski definition) is 3. The van der Waals surface area contributed by atoms with Crippen LogP contribution in [0.3, 0.4) is 0 Å². The summed E-state index contributed by atoms with van der Waals surface area (Å²) in [6, 6.07) is 19.7. The van der Waals surface area contributed by atoms with Gasteiger partial charge < -0.3 is 21.3 Å². The Bertz CT molecular complexity index is 1110. The molecule has 0 radical (unpaired) electrons. The highest BCUT2D eigenvalue weighted by atomic mass is 16.5. The average molecular weight is 449 g/mol. The molecule has 0 aliphatic carbocycles. The summed E-state index contributed by atoms with van der Waals surface area (Å²) >= 11 is 0. The fourth-order valence-electron chi connectivity index (χ4n) is 3.06. The van der Waals surface area contributed by atoms with E-state index in [-0.39, 0.29) is 16.5 Å². The second-order valence-corrected chi connectivity index (χ2v) is 9.08. The van der Waals surface area contributed by atoms with Crippen LogP contribution in [0.2, 0.25) is 0 Å². The number of anilines is 1. The van der Waals surface area contributed by atoms with Crippen molar-refractivity contribution < 1.29 is 19.4 Å². The van der Waals surface area contributed by atoms with Gasteiger partial charge in [-0.15, -0.1) is 0 Å². The summed E-state index contributed by atoms with van der Waals surface area (Å²) in [4.78, 5) is 22.5. The fraction of sp³-hybridized carbons (Fsp3) is 0.259. The molecule has 33 heavy (non-hydrogen) atoms. The van der Waals surface area contributed by atoms with Crippen LogP contribution in [-0.2, 0) is 5.41 Å². The summed E-state index contributed by atoms with van der Waals surface area (Å²) in [6.07, 6.45) is 0. The van der Waals surface area contributed by atoms with E-state index in [9.17, 15) is 9.59 Å². The first-order chi connectivity index (χ1) is 15.4. The number of carboxylic acids is 1. The van der Waals surface area contributed by atoms with Gasteiger partial charge in [0, 0.05) is 5.69 Å². The Kier molecular flexibility index (Phi) is 8.24. The lowest BCUT2D eigenvalue weighted by Gasteiger charge is -2.19. The molecule has 3 aromatic rings. The van der Waals surface area contributed by atoms with Crippen molar-refractivity contribution in [3.05, 3.63) is 89.0 Å². The summed E-state index contributed by atoms with van der Waals surface area (Å²) in [7, 11) is 0. The maximum Gasteiger partial charge on any atom is 0.336 e. The molecule has 0 saturated heterocycles. The van der Waals surface area contributed by atoms with Crippen LogP contribution in [0.25, 0.3) is 0 Å². The Hall–Kier alpha value is -3.80. The zero-order valence-electron chi connectivity index (χ0n) is 19.8. The summed E-state index contributed by atoms with van der Waals surface area (Å²) in [5.74, 6) is -0.531. The molecule has 0 aliphatic heterocycles. The Morgan fingerprint density at radius 1 is 0.879 bits per heavy atom. The van der Waals surface area contributed by atoms with Crippen LogP contribution in [0.5, 0.6) is 11.5 Å². The number of amides is 1. The predicted octanol–water partition coefficient (Wildman–Crippen LogP) is 5.97. The molecule has 6 heteroatoms. The molecule has 0 aromatic heterocycles. The minimum absolute atomic E-state index is 0.0398. The highest BCUT2D eigenvalue weighted by molar-refractivity contribution is 6.04. The molecule has 0 bridgehead atoms. The van der Waals surface area contributed by atoms with Crippen LogP contribution < -0.4 is 16.2 Å². The predicted molar refractivity (Wildman–Crippen MR) is 132 cm³/mol. The molecule has 0 atom stereocenters. The Labute approximate surface area is 195 Å². The first-order valence-electron chi connectivity index (χ1n) is 10.7. The number of benzene rings is 3. The lowest BCUT2D eigenvalue weighted by atomic mass is 9.87. The van der Waals surface area contributed by atoms with Crippen molar-refractivity contribution in [2.24, 2.45) is 5.73 Å². The molecule has 0 heterocycles. The minimum atomic E-state index is -1.23. The maximum absolute atomic E-state index is 11.2. The number of primary amides is 1. The molecular formula is C27H32N2O4. The summed E-state index contributed by atoms with van der Waals surface area (Å²) < 4.78 is 5.66. The van der Waals surface area contributed by atoms with Crippen LogP contribution in [0, 0.1) is 0 Å². The van der Waals surface area contributed by atoms with Gasteiger partial charge in [0.2, 0.25) is 5.91 Å². The fourth-order valence-corrected chi connectivity index (χ4v) is 3.06. The van der Waals surface area contributed by atoms with Crippen LogP contribution >= 0.6 is 0 Å². The lowest BCUT2D eigenvalue weighted by Crippen LogP contribution is -2.16. The number of aromatic carboxylic acids is 1. The first kappa shape index (κ1) is 25.5. The van der Waals surface area contributed by atoms with Crippen molar-refractivity contribution in [3.63, 3.8) is 0 Å². The zero-order valence-corrected chi connectivity index (χ0v) is 19.8. The molecule has 0 saturated carbocycles. The molecular weight excluding hydrogens is 416 g/mol. The quantitative estimate of drug-likeness (QED) is 0.416. The number of ether oxygens (including phenoxy) is 1. The van der Waals surface area contributed by atoms with Crippen molar-refractivity contribution >= 4 is 17.6 Å². The molecule has 0 unspecified atom stereocenters. The van der Waals surface area contributed by atoms with Crippen LogP contribution in [0.4, 0.5) is 5.69 Å². The third-order valence-corrected chi connectivity index (χ3v) is 5.02. The lowest BCUT2D eigenvalue weighted by molar-refractivity contribution is 0.0691. The molecule has 6 nitrogen and oxygen atoms in total. The van der Waals surface area contributed by atoms with Crippen molar-refractivity contribution in [1.82, 2.24) is 0 Å². The highest BCUT2D eigenvalue weighted by Crippen LogP contribution is 2.28. The van der Waals surface area contributed by atoms with Gasteiger partial charge >= 0.3 is 5.97 Å². The van der Waals surface area contributed by atoms with E-state index >= 15 is 0 Å². The second kappa shape index (κ2) is 10.7. The number of carbonyl (C=O) groups is 2. The number of nitrogen functional groups attached to an aromatic ring is 1. The number of carboxylic acid groups (broad SMARTS) is 1. The zero-order chi connectivity index (χ0) is 24.8. The molecule has 0 fully saturated rings. The van der Waals surface area contributed by atoms with Crippen molar-refractivity contribution in [3.8, 4) is 11.5 Å². The summed E-state index contributed by atoms with van der Waals surface area (Å²) in [5, 5.41) is 9.17. The number of hydrogen-bond acceptors (Lipinski definition) is 4. The van der Waals surface area contributed by atoms with Crippen LogP contribution in [0.1, 0.15) is 72.4 Å². The van der Waals surface area contributed by atoms with Crippen molar-refractivity contribution in [2.75, 3.05) is 5.73 Å². The normalized spacial score (nSPS) is 10.8. The largest absolute Gasteiger partial charge is 0.478 e. The van der Waals surface area contributed by atoms with E-state index in [1.165, 1.54) is 29.3 Å². The Morgan fingerprint density at radius 2 is 1.48 bits per heavy atom. The van der Waals surface area contributed by atoms with Crippen LogP contribution in [0.15, 0.2) is 66.7 Å². The van der Waals surface area contributed by atoms with Crippen molar-refractivity contribution in [2.45, 2.75) is 46.0 Å². The van der Waals surface area contributed by atoms with Gasteiger partial charge in [-0.2, -0.15) is 0 Å². The molecule has 1 amide bonds. The highest BCUT2D eigenvalue weighted by Gasteiger charge is 2.16. The van der Waals surface area contributed by atoms with E-state index in [0.717, 1.165) is 5.69 Å². The van der Waals surface area contributed by atoms with E-state index in [2.05, 4.69) is 40.7 Å². The standard InChI is InChI=1S/C18H19NO4.C9H13N/c1-18(2,3)11-4-6-12(7-5-11)23-13-8-9-14(16(19)20)15(10-13)17(21)22;1-7(2)8-4-3-5-9(10)6-8/h4-10H,1-3H3,(H2,19,20)(H,21,22);3-7H,10H2,1-2H3. The number of nitrogens with two attached hydrogens (primary N) is 2. The number of carbonyl (C=O) groups excluding carboxylic acids is 1. The molecule has 3 rings (SSSR count). The first-order valence-corrected chi connectivity index (χ1v) is 10.7. The van der Waals surface area contributed by atoms with E-state index < -0.39 is 11.9 Å². The van der Waals surface area contributed by atoms with E-state index in [0.29, 0.717) is 17.4 Å². The topological polar surface area (TPSA) is 116 Å². The van der Waals surface area contributed by atoms with E-state index in [1.807, 2.05) is 42.5 Å². The van der Waals surface area contributed by atoms with Gasteiger partial charge in [-0.3, -0.25) is 4.79 Å². The molecule has 0 aliphatic rings. The van der Waals surface area contributed by atoms with Gasteiger partial charge in [-0.1, -0.05) is 58.9 Å². The minimum Gasteiger partial charge on any atom is -0.478 e. The maximum atomic E-state index is 11.2. The molecule has 5 N–H and O–H groups in total. The molecule has 3 aromatic carbocycles. The third-order valence-electron chi connectivity index (χ3n) is 5.02. The van der Waals surface area contributed by atoms with Gasteiger partial charge in [0.1, 0.15) is 11.5 Å². The SMILES string of the molecule is CC(C)(C)c1ccc(Oc2ccc(C(N)=O)c(C(=O)O)c2)cc1.CC(C)c1cccc(N)c1. The Morgan fingerprint density at radius 3 is 1.94 bits per heavy atom.